The smallest absolute Gasteiger partial charge is 0.235 e. The maximum Gasteiger partial charge on any atom is 0.235 e. The maximum absolute atomic E-state index is 13.3. The first kappa shape index (κ1) is 14.5. The number of carbonyl (C=O) groups excluding carboxylic acids is 1. The fourth-order valence-corrected chi connectivity index (χ4v) is 3.73. The van der Waals surface area contributed by atoms with E-state index in [1.54, 1.807) is 7.11 Å². The van der Waals surface area contributed by atoms with Crippen molar-refractivity contribution < 1.29 is 9.53 Å². The van der Waals surface area contributed by atoms with Crippen LogP contribution in [0.5, 0.6) is 0 Å². The Morgan fingerprint density at radius 1 is 1.38 bits per heavy atom. The van der Waals surface area contributed by atoms with E-state index in [9.17, 15) is 4.79 Å². The van der Waals surface area contributed by atoms with Crippen molar-refractivity contribution in [1.82, 2.24) is 5.32 Å². The lowest BCUT2D eigenvalue weighted by molar-refractivity contribution is -0.133. The molecule has 1 aromatic rings. The van der Waals surface area contributed by atoms with E-state index in [0.29, 0.717) is 6.61 Å². The number of nitrogens with one attached hydrogen (secondary N) is 1. The van der Waals surface area contributed by atoms with Crippen LogP contribution >= 0.6 is 0 Å². The Bertz CT molecular complexity index is 518. The van der Waals surface area contributed by atoms with Gasteiger partial charge in [0.05, 0.1) is 12.0 Å². The van der Waals surface area contributed by atoms with Gasteiger partial charge in [0.25, 0.3) is 0 Å². The van der Waals surface area contributed by atoms with Gasteiger partial charge in [0, 0.05) is 18.8 Å². The second-order valence-corrected chi connectivity index (χ2v) is 6.32. The van der Waals surface area contributed by atoms with Crippen LogP contribution < -0.4 is 10.2 Å². The molecule has 4 heteroatoms. The Hall–Kier alpha value is -1.39. The number of benzene rings is 1. The van der Waals surface area contributed by atoms with Crippen molar-refractivity contribution in [3.05, 3.63) is 29.8 Å². The summed E-state index contributed by atoms with van der Waals surface area (Å²) in [6.45, 7) is 4.43. The first-order valence-electron chi connectivity index (χ1n) is 7.79. The monoisotopic (exact) mass is 288 g/mol. The highest BCUT2D eigenvalue weighted by Crippen LogP contribution is 2.39. The summed E-state index contributed by atoms with van der Waals surface area (Å²) in [5.41, 5.74) is 2.00. The van der Waals surface area contributed by atoms with Crippen molar-refractivity contribution in [2.24, 2.45) is 5.41 Å². The van der Waals surface area contributed by atoms with Gasteiger partial charge in [0.15, 0.2) is 0 Å². The molecular formula is C17H24N2O2. The van der Waals surface area contributed by atoms with Crippen LogP contribution in [0.25, 0.3) is 0 Å². The van der Waals surface area contributed by atoms with Crippen LogP contribution in [0.1, 0.15) is 25.3 Å². The number of fused-ring (bicyclic) bond motifs is 1. The third-order valence-corrected chi connectivity index (χ3v) is 4.86. The van der Waals surface area contributed by atoms with Gasteiger partial charge < -0.3 is 15.0 Å². The van der Waals surface area contributed by atoms with Gasteiger partial charge in [0.1, 0.15) is 0 Å². The highest BCUT2D eigenvalue weighted by atomic mass is 16.5. The van der Waals surface area contributed by atoms with E-state index < -0.39 is 0 Å². The fraction of sp³-hybridized carbons (Fsp3) is 0.588. The number of amides is 1. The van der Waals surface area contributed by atoms with Crippen molar-refractivity contribution in [3.63, 3.8) is 0 Å². The molecule has 3 rings (SSSR count). The predicted molar refractivity (Wildman–Crippen MR) is 83.5 cm³/mol. The zero-order valence-electron chi connectivity index (χ0n) is 12.9. The Morgan fingerprint density at radius 2 is 2.10 bits per heavy atom. The van der Waals surface area contributed by atoms with E-state index in [-0.39, 0.29) is 17.4 Å². The van der Waals surface area contributed by atoms with Gasteiger partial charge in [-0.25, -0.2) is 0 Å². The van der Waals surface area contributed by atoms with Crippen LogP contribution in [-0.2, 0) is 16.0 Å². The van der Waals surface area contributed by atoms with Gasteiger partial charge in [-0.05, 0) is 50.9 Å². The van der Waals surface area contributed by atoms with Crippen molar-refractivity contribution in [1.29, 1.82) is 0 Å². The largest absolute Gasteiger partial charge is 0.384 e. The van der Waals surface area contributed by atoms with E-state index in [1.807, 2.05) is 11.0 Å². The van der Waals surface area contributed by atoms with Gasteiger partial charge in [-0.3, -0.25) is 4.79 Å². The van der Waals surface area contributed by atoms with Crippen molar-refractivity contribution >= 4 is 11.6 Å². The van der Waals surface area contributed by atoms with Gasteiger partial charge in [-0.15, -0.1) is 0 Å². The standard InChI is InChI=1S/C17H24N2O2/c1-13-11-14-5-3-4-6-15(14)19(13)16(20)17(12-21-2)7-9-18-10-8-17/h3-6,13,18H,7-12H2,1-2H3. The molecule has 0 spiro atoms. The molecule has 1 unspecified atom stereocenters. The highest BCUT2D eigenvalue weighted by Gasteiger charge is 2.45. The number of nitrogens with zero attached hydrogens (tertiary/aromatic N) is 1. The molecule has 21 heavy (non-hydrogen) atoms. The van der Waals surface area contributed by atoms with Gasteiger partial charge in [-0.2, -0.15) is 0 Å². The summed E-state index contributed by atoms with van der Waals surface area (Å²) in [5, 5.41) is 3.35. The van der Waals surface area contributed by atoms with E-state index in [2.05, 4.69) is 30.4 Å². The second kappa shape index (κ2) is 5.78. The minimum atomic E-state index is -0.369. The molecule has 1 fully saturated rings. The number of rotatable bonds is 3. The van der Waals surface area contributed by atoms with Gasteiger partial charge in [-0.1, -0.05) is 18.2 Å². The Labute approximate surface area is 126 Å². The molecule has 0 saturated carbocycles. The predicted octanol–water partition coefficient (Wildman–Crippen LogP) is 1.98. The minimum Gasteiger partial charge on any atom is -0.384 e. The molecule has 2 aliphatic rings. The first-order chi connectivity index (χ1) is 10.2. The molecular weight excluding hydrogens is 264 g/mol. The quantitative estimate of drug-likeness (QED) is 0.924. The zero-order valence-corrected chi connectivity index (χ0v) is 12.9. The summed E-state index contributed by atoms with van der Waals surface area (Å²) in [6.07, 6.45) is 2.65. The Balaban J connectivity index is 1.93. The summed E-state index contributed by atoms with van der Waals surface area (Å²) >= 11 is 0. The topological polar surface area (TPSA) is 41.6 Å². The van der Waals surface area contributed by atoms with Crippen molar-refractivity contribution in [2.75, 3.05) is 31.7 Å². The average molecular weight is 288 g/mol. The zero-order chi connectivity index (χ0) is 14.9. The fourth-order valence-electron chi connectivity index (χ4n) is 3.73. The van der Waals surface area contributed by atoms with Crippen LogP contribution in [0.2, 0.25) is 0 Å². The number of carbonyl (C=O) groups is 1. The summed E-state index contributed by atoms with van der Waals surface area (Å²) < 4.78 is 5.41. The number of ether oxygens (including phenoxy) is 1. The number of methoxy groups -OCH3 is 1. The minimum absolute atomic E-state index is 0.235. The van der Waals surface area contributed by atoms with Crippen LogP contribution in [0, 0.1) is 5.41 Å². The molecule has 2 aliphatic heterocycles. The number of piperidine rings is 1. The second-order valence-electron chi connectivity index (χ2n) is 6.32. The lowest BCUT2D eigenvalue weighted by Crippen LogP contribution is -2.53. The van der Waals surface area contributed by atoms with E-state index in [4.69, 9.17) is 4.74 Å². The third kappa shape index (κ3) is 2.47. The summed E-state index contributed by atoms with van der Waals surface area (Å²) in [4.78, 5) is 15.3. The van der Waals surface area contributed by atoms with Gasteiger partial charge in [0.2, 0.25) is 5.91 Å². The number of para-hydroxylation sites is 1. The molecule has 1 N–H and O–H groups in total. The Morgan fingerprint density at radius 3 is 2.81 bits per heavy atom. The SMILES string of the molecule is COCC1(C(=O)N2c3ccccc3CC2C)CCNCC1. The summed E-state index contributed by atoms with van der Waals surface area (Å²) in [5.74, 6) is 0.239. The maximum atomic E-state index is 13.3. The molecule has 4 nitrogen and oxygen atoms in total. The molecule has 0 radical (unpaired) electrons. The first-order valence-corrected chi connectivity index (χ1v) is 7.79. The molecule has 114 valence electrons. The lowest BCUT2D eigenvalue weighted by Gasteiger charge is -2.39. The van der Waals surface area contributed by atoms with Crippen LogP contribution in [-0.4, -0.2) is 38.8 Å². The van der Waals surface area contributed by atoms with Gasteiger partial charge >= 0.3 is 0 Å². The normalized spacial score (nSPS) is 23.9. The average Bonchev–Trinajstić information content (AvgIpc) is 2.83. The van der Waals surface area contributed by atoms with Crippen LogP contribution in [0.3, 0.4) is 0 Å². The third-order valence-electron chi connectivity index (χ3n) is 4.86. The number of hydrogen-bond donors (Lipinski definition) is 1. The van der Waals surface area contributed by atoms with Crippen LogP contribution in [0.4, 0.5) is 5.69 Å². The molecule has 0 bridgehead atoms. The van der Waals surface area contributed by atoms with Crippen molar-refractivity contribution in [2.45, 2.75) is 32.2 Å². The van der Waals surface area contributed by atoms with E-state index >= 15 is 0 Å². The van der Waals surface area contributed by atoms with Crippen molar-refractivity contribution in [3.8, 4) is 0 Å². The summed E-state index contributed by atoms with van der Waals surface area (Å²) in [6, 6.07) is 8.50. The molecule has 2 heterocycles. The highest BCUT2D eigenvalue weighted by molar-refractivity contribution is 6.00. The number of hydrogen-bond acceptors (Lipinski definition) is 3. The molecule has 0 aliphatic carbocycles. The molecule has 1 aromatic carbocycles. The summed E-state index contributed by atoms with van der Waals surface area (Å²) in [7, 11) is 1.69. The molecule has 0 aromatic heterocycles. The molecule has 1 saturated heterocycles. The van der Waals surface area contributed by atoms with E-state index in [0.717, 1.165) is 38.0 Å². The lowest BCUT2D eigenvalue weighted by atomic mass is 9.78. The number of anilines is 1. The van der Waals surface area contributed by atoms with E-state index in [1.165, 1.54) is 5.56 Å². The Kier molecular flexibility index (Phi) is 4.00. The van der Waals surface area contributed by atoms with Crippen LogP contribution in [0.15, 0.2) is 24.3 Å². The molecule has 1 amide bonds. The molecule has 1 atom stereocenters.